The van der Waals surface area contributed by atoms with E-state index in [9.17, 15) is 22.0 Å². The van der Waals surface area contributed by atoms with Crippen molar-refractivity contribution < 1.29 is 36.2 Å². The summed E-state index contributed by atoms with van der Waals surface area (Å²) in [5, 5.41) is 0. The zero-order valence-corrected chi connectivity index (χ0v) is 26.2. The second-order valence-electron chi connectivity index (χ2n) is 11.6. The van der Waals surface area contributed by atoms with Crippen molar-refractivity contribution >= 4 is 27.0 Å². The summed E-state index contributed by atoms with van der Waals surface area (Å²) in [6.07, 6.45) is 4.83. The average Bonchev–Trinajstić information content (AvgIpc) is 3.31. The number of fused-ring (bicyclic) bond motifs is 1. The number of nitrogens with one attached hydrogen (secondary N) is 1. The lowest BCUT2D eigenvalue weighted by Crippen LogP contribution is -2.44. The van der Waals surface area contributed by atoms with E-state index in [1.807, 2.05) is 4.72 Å². The molecule has 4 heterocycles. The summed E-state index contributed by atoms with van der Waals surface area (Å²) in [5.41, 5.74) is 1.68. The van der Waals surface area contributed by atoms with E-state index < -0.39 is 27.6 Å². The third-order valence-corrected chi connectivity index (χ3v) is 8.63. The van der Waals surface area contributed by atoms with Crippen LogP contribution in [0.3, 0.4) is 0 Å². The first-order valence-electron chi connectivity index (χ1n) is 14.9. The molecule has 244 valence electrons. The Morgan fingerprint density at radius 3 is 2.67 bits per heavy atom. The van der Waals surface area contributed by atoms with Crippen molar-refractivity contribution in [2.24, 2.45) is 0 Å². The summed E-state index contributed by atoms with van der Waals surface area (Å²) in [7, 11) is -3.71. The van der Waals surface area contributed by atoms with Gasteiger partial charge in [0.15, 0.2) is 17.4 Å². The molecule has 3 atom stereocenters. The van der Waals surface area contributed by atoms with Gasteiger partial charge in [-0.05, 0) is 56.5 Å². The number of likely N-dealkylation sites (tertiary alicyclic amines) is 1. The third kappa shape index (κ3) is 7.59. The van der Waals surface area contributed by atoms with E-state index in [4.69, 9.17) is 19.2 Å². The van der Waals surface area contributed by atoms with Crippen LogP contribution in [0.4, 0.5) is 8.78 Å². The van der Waals surface area contributed by atoms with Gasteiger partial charge in [-0.1, -0.05) is 0 Å². The normalized spacial score (nSPS) is 20.3. The number of hydrogen-bond acceptors (Lipinski definition) is 10. The maximum absolute atomic E-state index is 13.9. The number of rotatable bonds is 11. The Kier molecular flexibility index (Phi) is 9.15. The smallest absolute Gasteiger partial charge is 0.264 e. The van der Waals surface area contributed by atoms with Gasteiger partial charge >= 0.3 is 0 Å². The summed E-state index contributed by atoms with van der Waals surface area (Å²) in [4.78, 5) is 28.3. The number of sulfonamides is 1. The van der Waals surface area contributed by atoms with Gasteiger partial charge in [-0.25, -0.2) is 31.9 Å². The monoisotopic (exact) mass is 656 g/mol. The van der Waals surface area contributed by atoms with Crippen LogP contribution in [0.15, 0.2) is 48.7 Å². The topological polar surface area (TPSA) is 138 Å². The summed E-state index contributed by atoms with van der Waals surface area (Å²) in [6.45, 7) is 4.60. The molecule has 1 N–H and O–H groups in total. The lowest BCUT2D eigenvalue weighted by Gasteiger charge is -2.37. The van der Waals surface area contributed by atoms with E-state index in [1.165, 1.54) is 6.07 Å². The number of ether oxygens (including phenoxy) is 3. The van der Waals surface area contributed by atoms with Crippen LogP contribution in [0.25, 0.3) is 11.0 Å². The second kappa shape index (κ2) is 13.3. The van der Waals surface area contributed by atoms with E-state index in [-0.39, 0.29) is 36.2 Å². The minimum Gasteiger partial charge on any atom is -0.483 e. The van der Waals surface area contributed by atoms with Crippen LogP contribution < -0.4 is 14.2 Å². The Morgan fingerprint density at radius 2 is 1.96 bits per heavy atom. The lowest BCUT2D eigenvalue weighted by atomic mass is 10.0. The highest BCUT2D eigenvalue weighted by Crippen LogP contribution is 2.27. The van der Waals surface area contributed by atoms with Crippen LogP contribution in [0.5, 0.6) is 11.6 Å². The molecule has 2 aliphatic rings. The van der Waals surface area contributed by atoms with Gasteiger partial charge < -0.3 is 18.8 Å². The van der Waals surface area contributed by atoms with E-state index >= 15 is 0 Å². The van der Waals surface area contributed by atoms with E-state index in [2.05, 4.69) is 26.4 Å². The Labute approximate surface area is 264 Å². The summed E-state index contributed by atoms with van der Waals surface area (Å²) < 4.78 is 71.7. The molecule has 2 aliphatic heterocycles. The van der Waals surface area contributed by atoms with Gasteiger partial charge in [-0.2, -0.15) is 4.98 Å². The molecular formula is C31H34F2N6O6S. The fraction of sp³-hybridized carbons (Fsp3) is 0.419. The van der Waals surface area contributed by atoms with Crippen LogP contribution in [0.2, 0.25) is 0 Å². The van der Waals surface area contributed by atoms with E-state index in [0.29, 0.717) is 36.9 Å². The van der Waals surface area contributed by atoms with Crippen LogP contribution in [-0.2, 0) is 34.5 Å². The average molecular weight is 657 g/mol. The standard InChI is InChI=1S/C31H34F2N6O6S/c1-19-13-22(45-30-7-10-34-28(36-30)18-44-27-6-4-21(32)15-24(27)33)8-11-38(19)17-29-35-25-5-3-20(31(40)37-46(2,41)42)14-26(25)39(29)16-23-9-12-43-23/h3-7,10,14-15,19,22-23H,8-9,11-13,16-18H2,1-2H3,(H,37,40)/t19-,22-,23-/m0/s1. The predicted octanol–water partition coefficient (Wildman–Crippen LogP) is 3.59. The maximum atomic E-state index is 13.9. The van der Waals surface area contributed by atoms with Gasteiger partial charge in [0, 0.05) is 43.1 Å². The summed E-state index contributed by atoms with van der Waals surface area (Å²) in [6, 6.07) is 9.87. The highest BCUT2D eigenvalue weighted by molar-refractivity contribution is 7.89. The van der Waals surface area contributed by atoms with Crippen LogP contribution in [-0.4, -0.2) is 76.4 Å². The Balaban J connectivity index is 1.11. The number of imidazole rings is 1. The Bertz CT molecular complexity index is 1850. The minimum atomic E-state index is -3.71. The van der Waals surface area contributed by atoms with Crippen LogP contribution in [0, 0.1) is 11.6 Å². The predicted molar refractivity (Wildman–Crippen MR) is 163 cm³/mol. The fourth-order valence-corrected chi connectivity index (χ4v) is 6.07. The highest BCUT2D eigenvalue weighted by atomic mass is 32.2. The number of halogens is 2. The van der Waals surface area contributed by atoms with Gasteiger partial charge in [-0.15, -0.1) is 0 Å². The second-order valence-corrected chi connectivity index (χ2v) is 13.3. The van der Waals surface area contributed by atoms with Crippen LogP contribution in [0.1, 0.15) is 48.2 Å². The van der Waals surface area contributed by atoms with Crippen molar-refractivity contribution in [3.63, 3.8) is 0 Å². The molecule has 2 aromatic heterocycles. The highest BCUT2D eigenvalue weighted by Gasteiger charge is 2.30. The molecule has 6 rings (SSSR count). The molecule has 12 nitrogen and oxygen atoms in total. The molecule has 0 bridgehead atoms. The molecule has 4 aromatic rings. The molecule has 0 saturated carbocycles. The molecule has 15 heteroatoms. The fourth-order valence-electron chi connectivity index (χ4n) is 5.62. The summed E-state index contributed by atoms with van der Waals surface area (Å²) >= 11 is 0. The number of benzene rings is 2. The molecule has 0 unspecified atom stereocenters. The van der Waals surface area contributed by atoms with Gasteiger partial charge in [0.25, 0.3) is 5.91 Å². The first-order chi connectivity index (χ1) is 22.0. The van der Waals surface area contributed by atoms with E-state index in [0.717, 1.165) is 55.5 Å². The molecule has 2 fully saturated rings. The van der Waals surface area contributed by atoms with Gasteiger partial charge in [-0.3, -0.25) is 9.69 Å². The third-order valence-electron chi connectivity index (χ3n) is 8.08. The number of carbonyl (C=O) groups excluding carboxylic acids is 1. The number of aromatic nitrogens is 4. The number of nitrogens with zero attached hydrogens (tertiary/aromatic N) is 5. The summed E-state index contributed by atoms with van der Waals surface area (Å²) in [5.74, 6) is -0.762. The molecule has 0 spiro atoms. The zero-order valence-electron chi connectivity index (χ0n) is 25.4. The van der Waals surface area contributed by atoms with Crippen molar-refractivity contribution in [3.05, 3.63) is 77.5 Å². The Hall–Kier alpha value is -4.21. The number of piperidine rings is 1. The molecule has 0 aliphatic carbocycles. The number of carbonyl (C=O) groups is 1. The van der Waals surface area contributed by atoms with E-state index in [1.54, 1.807) is 30.5 Å². The molecule has 46 heavy (non-hydrogen) atoms. The van der Waals surface area contributed by atoms with Crippen LogP contribution >= 0.6 is 0 Å². The number of hydrogen-bond donors (Lipinski definition) is 1. The molecule has 1 amide bonds. The SMILES string of the molecule is C[C@H]1C[C@@H](Oc2ccnc(COc3ccc(F)cc3F)n2)CCN1Cc1nc2ccc(C(=O)NS(C)(=O)=O)cc2n1C[C@@H]1CCO1. The minimum absolute atomic E-state index is 0.0408. The largest absolute Gasteiger partial charge is 0.483 e. The molecule has 2 saturated heterocycles. The first kappa shape index (κ1) is 31.8. The number of amides is 1. The first-order valence-corrected chi connectivity index (χ1v) is 16.8. The molecule has 2 aromatic carbocycles. The zero-order chi connectivity index (χ0) is 32.4. The molecule has 0 radical (unpaired) electrons. The van der Waals surface area contributed by atoms with Gasteiger partial charge in [0.2, 0.25) is 15.9 Å². The maximum Gasteiger partial charge on any atom is 0.264 e. The lowest BCUT2D eigenvalue weighted by molar-refractivity contribution is -0.0593. The van der Waals surface area contributed by atoms with Crippen molar-refractivity contribution in [3.8, 4) is 11.6 Å². The quantitative estimate of drug-likeness (QED) is 0.255. The Morgan fingerprint density at radius 1 is 1.13 bits per heavy atom. The molecular weight excluding hydrogens is 622 g/mol. The van der Waals surface area contributed by atoms with Crippen molar-refractivity contribution in [1.29, 1.82) is 0 Å². The van der Waals surface area contributed by atoms with Gasteiger partial charge in [0.1, 0.15) is 24.4 Å². The van der Waals surface area contributed by atoms with Crippen molar-refractivity contribution in [2.75, 3.05) is 19.4 Å². The van der Waals surface area contributed by atoms with Crippen molar-refractivity contribution in [2.45, 2.75) is 64.1 Å². The van der Waals surface area contributed by atoms with Crippen molar-refractivity contribution in [1.82, 2.24) is 29.1 Å². The van der Waals surface area contributed by atoms with Gasteiger partial charge in [0.05, 0.1) is 36.5 Å².